The van der Waals surface area contributed by atoms with Gasteiger partial charge in [-0.3, -0.25) is 19.7 Å². The SMILES string of the molecule is CC(C)(C)OC(=O)NCCCCCCC#Cc1cccc2c1CN(C1CCC(=O)NC1=O)C2=O. The molecule has 1 atom stereocenters. The molecule has 0 radical (unpaired) electrons. The van der Waals surface area contributed by atoms with Crippen LogP contribution in [0.15, 0.2) is 18.2 Å². The number of hydrogen-bond acceptors (Lipinski definition) is 5. The lowest BCUT2D eigenvalue weighted by atomic mass is 10.0. The Morgan fingerprint density at radius 1 is 1.18 bits per heavy atom. The molecular formula is C26H33N3O5. The summed E-state index contributed by atoms with van der Waals surface area (Å²) >= 11 is 0. The minimum Gasteiger partial charge on any atom is -0.444 e. The highest BCUT2D eigenvalue weighted by molar-refractivity contribution is 6.05. The molecule has 4 amide bonds. The van der Waals surface area contributed by atoms with Crippen LogP contribution in [0.2, 0.25) is 0 Å². The van der Waals surface area contributed by atoms with Crippen LogP contribution in [0.25, 0.3) is 0 Å². The summed E-state index contributed by atoms with van der Waals surface area (Å²) < 4.78 is 5.20. The van der Waals surface area contributed by atoms with Crippen molar-refractivity contribution < 1.29 is 23.9 Å². The number of carbonyl (C=O) groups is 4. The van der Waals surface area contributed by atoms with Gasteiger partial charge in [-0.05, 0) is 57.7 Å². The Labute approximate surface area is 200 Å². The monoisotopic (exact) mass is 467 g/mol. The zero-order chi connectivity index (χ0) is 24.7. The molecule has 2 aliphatic heterocycles. The van der Waals surface area contributed by atoms with E-state index in [1.165, 1.54) is 0 Å². The van der Waals surface area contributed by atoms with Crippen molar-refractivity contribution in [2.45, 2.75) is 83.9 Å². The summed E-state index contributed by atoms with van der Waals surface area (Å²) in [7, 11) is 0. The number of rotatable bonds is 7. The number of hydrogen-bond donors (Lipinski definition) is 2. The minimum absolute atomic E-state index is 0.187. The molecule has 3 rings (SSSR count). The number of benzene rings is 1. The quantitative estimate of drug-likeness (QED) is 0.364. The summed E-state index contributed by atoms with van der Waals surface area (Å²) in [4.78, 5) is 49.7. The maximum absolute atomic E-state index is 12.9. The van der Waals surface area contributed by atoms with Crippen LogP contribution >= 0.6 is 0 Å². The number of alkyl carbamates (subject to hydrolysis) is 1. The summed E-state index contributed by atoms with van der Waals surface area (Å²) in [6.45, 7) is 6.43. The fourth-order valence-corrected chi connectivity index (χ4v) is 4.06. The van der Waals surface area contributed by atoms with Crippen molar-refractivity contribution in [1.82, 2.24) is 15.5 Å². The molecule has 0 bridgehead atoms. The van der Waals surface area contributed by atoms with Gasteiger partial charge in [-0.25, -0.2) is 4.79 Å². The molecule has 1 saturated heterocycles. The first-order valence-corrected chi connectivity index (χ1v) is 11.9. The topological polar surface area (TPSA) is 105 Å². The van der Waals surface area contributed by atoms with E-state index in [0.717, 1.165) is 43.2 Å². The van der Waals surface area contributed by atoms with Crippen LogP contribution in [0.4, 0.5) is 4.79 Å². The molecule has 2 aliphatic rings. The van der Waals surface area contributed by atoms with Gasteiger partial charge in [0.1, 0.15) is 11.6 Å². The summed E-state index contributed by atoms with van der Waals surface area (Å²) in [5, 5.41) is 5.08. The Balaban J connectivity index is 1.43. The van der Waals surface area contributed by atoms with Gasteiger partial charge >= 0.3 is 6.09 Å². The van der Waals surface area contributed by atoms with E-state index in [0.29, 0.717) is 25.1 Å². The molecule has 8 heteroatoms. The fourth-order valence-electron chi connectivity index (χ4n) is 4.06. The van der Waals surface area contributed by atoms with Gasteiger partial charge in [0.2, 0.25) is 11.8 Å². The Morgan fingerprint density at radius 3 is 2.68 bits per heavy atom. The molecule has 182 valence electrons. The van der Waals surface area contributed by atoms with E-state index in [1.54, 1.807) is 11.0 Å². The van der Waals surface area contributed by atoms with Crippen LogP contribution in [-0.4, -0.2) is 46.9 Å². The fraction of sp³-hybridized carbons (Fsp3) is 0.538. The van der Waals surface area contributed by atoms with Crippen molar-refractivity contribution in [2.24, 2.45) is 0 Å². The third-order valence-electron chi connectivity index (χ3n) is 5.70. The molecule has 1 fully saturated rings. The second-order valence-corrected chi connectivity index (χ2v) is 9.63. The van der Waals surface area contributed by atoms with E-state index in [1.807, 2.05) is 32.9 Å². The first-order chi connectivity index (χ1) is 16.2. The summed E-state index contributed by atoms with van der Waals surface area (Å²) in [6, 6.07) is 4.85. The predicted octanol–water partition coefficient (Wildman–Crippen LogP) is 3.27. The zero-order valence-corrected chi connectivity index (χ0v) is 20.2. The average molecular weight is 468 g/mol. The van der Waals surface area contributed by atoms with Crippen molar-refractivity contribution >= 4 is 23.8 Å². The summed E-state index contributed by atoms with van der Waals surface area (Å²) in [6.07, 6.45) is 4.79. The second kappa shape index (κ2) is 11.2. The van der Waals surface area contributed by atoms with Crippen molar-refractivity contribution in [3.8, 4) is 11.8 Å². The van der Waals surface area contributed by atoms with Crippen LogP contribution in [0.3, 0.4) is 0 Å². The van der Waals surface area contributed by atoms with Gasteiger partial charge in [-0.2, -0.15) is 0 Å². The average Bonchev–Trinajstić information content (AvgIpc) is 3.08. The normalized spacial score (nSPS) is 17.6. The van der Waals surface area contributed by atoms with Crippen molar-refractivity contribution in [2.75, 3.05) is 6.54 Å². The summed E-state index contributed by atoms with van der Waals surface area (Å²) in [5.41, 5.74) is 1.74. The Kier molecular flexibility index (Phi) is 8.32. The largest absolute Gasteiger partial charge is 0.444 e. The smallest absolute Gasteiger partial charge is 0.407 e. The molecule has 0 aliphatic carbocycles. The van der Waals surface area contributed by atoms with Gasteiger partial charge in [0.05, 0.1) is 0 Å². The van der Waals surface area contributed by atoms with E-state index in [2.05, 4.69) is 22.5 Å². The van der Waals surface area contributed by atoms with Crippen LogP contribution < -0.4 is 10.6 Å². The van der Waals surface area contributed by atoms with Crippen LogP contribution in [-0.2, 0) is 20.9 Å². The van der Waals surface area contributed by atoms with Crippen molar-refractivity contribution in [3.63, 3.8) is 0 Å². The van der Waals surface area contributed by atoms with Gasteiger partial charge in [-0.15, -0.1) is 0 Å². The molecule has 0 spiro atoms. The number of piperidine rings is 1. The Bertz CT molecular complexity index is 1020. The molecule has 2 heterocycles. The second-order valence-electron chi connectivity index (χ2n) is 9.63. The molecule has 1 unspecified atom stereocenters. The first-order valence-electron chi connectivity index (χ1n) is 11.9. The number of imide groups is 1. The molecule has 1 aromatic carbocycles. The van der Waals surface area contributed by atoms with E-state index in [-0.39, 0.29) is 24.3 Å². The molecule has 34 heavy (non-hydrogen) atoms. The highest BCUT2D eigenvalue weighted by atomic mass is 16.6. The molecule has 1 aromatic rings. The van der Waals surface area contributed by atoms with Crippen molar-refractivity contribution in [1.29, 1.82) is 0 Å². The lowest BCUT2D eigenvalue weighted by molar-refractivity contribution is -0.136. The highest BCUT2D eigenvalue weighted by Crippen LogP contribution is 2.29. The lowest BCUT2D eigenvalue weighted by Gasteiger charge is -2.29. The molecule has 0 saturated carbocycles. The third kappa shape index (κ3) is 6.83. The number of unbranched alkanes of at least 4 members (excludes halogenated alkanes) is 4. The molecule has 8 nitrogen and oxygen atoms in total. The number of nitrogens with zero attached hydrogens (tertiary/aromatic N) is 1. The van der Waals surface area contributed by atoms with E-state index in [4.69, 9.17) is 4.74 Å². The lowest BCUT2D eigenvalue weighted by Crippen LogP contribution is -2.52. The van der Waals surface area contributed by atoms with E-state index >= 15 is 0 Å². The van der Waals surface area contributed by atoms with Gasteiger partial charge in [0.25, 0.3) is 5.91 Å². The van der Waals surface area contributed by atoms with Crippen LogP contribution in [0.5, 0.6) is 0 Å². The van der Waals surface area contributed by atoms with E-state index < -0.39 is 17.6 Å². The predicted molar refractivity (Wildman–Crippen MR) is 127 cm³/mol. The number of fused-ring (bicyclic) bond motifs is 1. The maximum atomic E-state index is 12.9. The molecule has 2 N–H and O–H groups in total. The minimum atomic E-state index is -0.622. The van der Waals surface area contributed by atoms with Gasteiger partial charge in [-0.1, -0.05) is 30.7 Å². The zero-order valence-electron chi connectivity index (χ0n) is 20.2. The summed E-state index contributed by atoms with van der Waals surface area (Å²) in [5.74, 6) is 5.49. The van der Waals surface area contributed by atoms with Crippen LogP contribution in [0.1, 0.15) is 87.2 Å². The number of ether oxygens (including phenoxy) is 1. The van der Waals surface area contributed by atoms with Gasteiger partial charge in [0, 0.05) is 37.1 Å². The van der Waals surface area contributed by atoms with Crippen molar-refractivity contribution in [3.05, 3.63) is 34.9 Å². The van der Waals surface area contributed by atoms with Gasteiger partial charge in [0.15, 0.2) is 0 Å². The molecule has 0 aromatic heterocycles. The number of amides is 4. The Morgan fingerprint density at radius 2 is 1.94 bits per heavy atom. The highest BCUT2D eigenvalue weighted by Gasteiger charge is 2.39. The maximum Gasteiger partial charge on any atom is 0.407 e. The van der Waals surface area contributed by atoms with Gasteiger partial charge < -0.3 is 15.0 Å². The third-order valence-corrected chi connectivity index (χ3v) is 5.70. The first kappa shape index (κ1) is 25.3. The van der Waals surface area contributed by atoms with Crippen LogP contribution in [0, 0.1) is 11.8 Å². The van der Waals surface area contributed by atoms with E-state index in [9.17, 15) is 19.2 Å². The Hall–Kier alpha value is -3.34. The number of carbonyl (C=O) groups excluding carboxylic acids is 4. The standard InChI is InChI=1S/C26H33N3O5/c1-26(2,3)34-25(33)27-16-9-7-5-4-6-8-11-18-12-10-13-19-20(18)17-29(24(19)32)21-14-15-22(30)28-23(21)31/h10,12-13,21H,4-7,9,14-17H2,1-3H3,(H,27,33)(H,28,30,31). The molecular weight excluding hydrogens is 434 g/mol. The number of nitrogens with one attached hydrogen (secondary N) is 2.